The molecule has 0 heterocycles. The normalized spacial score (nSPS) is 10.2. The van der Waals surface area contributed by atoms with Gasteiger partial charge in [0.15, 0.2) is 0 Å². The molecule has 9 heteroatoms. The molecule has 0 aliphatic rings. The monoisotopic (exact) mass is 434 g/mol. The molecule has 2 aromatic rings. The first kappa shape index (κ1) is 20.4. The summed E-state index contributed by atoms with van der Waals surface area (Å²) >= 11 is 3.37. The van der Waals surface area contributed by atoms with Crippen molar-refractivity contribution in [3.05, 3.63) is 62.1 Å². The molecule has 0 saturated heterocycles. The number of nitrogens with zero attached hydrogens (tertiary/aromatic N) is 1. The van der Waals surface area contributed by atoms with Crippen LogP contribution in [0.3, 0.4) is 0 Å². The van der Waals surface area contributed by atoms with Crippen molar-refractivity contribution in [3.8, 4) is 0 Å². The Labute approximate surface area is 164 Å². The van der Waals surface area contributed by atoms with Crippen LogP contribution in [0, 0.1) is 17.0 Å². The van der Waals surface area contributed by atoms with Crippen LogP contribution in [-0.2, 0) is 4.79 Å². The van der Waals surface area contributed by atoms with Crippen molar-refractivity contribution in [2.45, 2.75) is 13.3 Å². The van der Waals surface area contributed by atoms with E-state index in [1.165, 1.54) is 25.2 Å². The number of benzene rings is 2. The lowest BCUT2D eigenvalue weighted by Gasteiger charge is -2.12. The van der Waals surface area contributed by atoms with Crippen molar-refractivity contribution in [2.24, 2.45) is 0 Å². The van der Waals surface area contributed by atoms with Gasteiger partial charge in [0.1, 0.15) is 0 Å². The van der Waals surface area contributed by atoms with E-state index >= 15 is 0 Å². The Balaban J connectivity index is 2.00. The fourth-order valence-corrected chi connectivity index (χ4v) is 2.89. The van der Waals surface area contributed by atoms with Crippen LogP contribution in [0.2, 0.25) is 0 Å². The zero-order valence-electron chi connectivity index (χ0n) is 14.8. The van der Waals surface area contributed by atoms with Crippen molar-refractivity contribution < 1.29 is 14.5 Å². The topological polar surface area (TPSA) is 113 Å². The molecule has 3 N–H and O–H groups in total. The van der Waals surface area contributed by atoms with Crippen LogP contribution in [0.1, 0.15) is 22.3 Å². The van der Waals surface area contributed by atoms with E-state index in [4.69, 9.17) is 0 Å². The summed E-state index contributed by atoms with van der Waals surface area (Å²) in [7, 11) is 1.44. The molecular formula is C18H19BrN4O4. The molecule has 0 atom stereocenters. The molecule has 0 unspecified atom stereocenters. The number of carbonyl (C=O) groups excluding carboxylic acids is 2. The highest BCUT2D eigenvalue weighted by Gasteiger charge is 2.16. The van der Waals surface area contributed by atoms with Crippen LogP contribution < -0.4 is 16.0 Å². The number of anilines is 2. The van der Waals surface area contributed by atoms with Crippen LogP contribution >= 0.6 is 15.9 Å². The minimum absolute atomic E-state index is 0.149. The number of hydrogen-bond acceptors (Lipinski definition) is 5. The van der Waals surface area contributed by atoms with E-state index in [2.05, 4.69) is 31.9 Å². The van der Waals surface area contributed by atoms with Gasteiger partial charge in [-0.05, 0) is 36.8 Å². The molecule has 0 saturated carbocycles. The van der Waals surface area contributed by atoms with Gasteiger partial charge in [0.2, 0.25) is 5.91 Å². The lowest BCUT2D eigenvalue weighted by atomic mass is 10.1. The average Bonchev–Trinajstić information content (AvgIpc) is 2.63. The molecule has 8 nitrogen and oxygen atoms in total. The summed E-state index contributed by atoms with van der Waals surface area (Å²) in [6.45, 7) is 2.16. The largest absolute Gasteiger partial charge is 0.384 e. The maximum Gasteiger partial charge on any atom is 0.270 e. The molecule has 0 aliphatic carbocycles. The fourth-order valence-electron chi connectivity index (χ4n) is 2.41. The van der Waals surface area contributed by atoms with Gasteiger partial charge in [-0.1, -0.05) is 15.9 Å². The summed E-state index contributed by atoms with van der Waals surface area (Å²) in [5.74, 6) is -0.632. The van der Waals surface area contributed by atoms with Gasteiger partial charge in [0.05, 0.1) is 10.5 Å². The molecule has 0 fully saturated rings. The second-order valence-corrected chi connectivity index (χ2v) is 6.67. The van der Waals surface area contributed by atoms with Gasteiger partial charge in [-0.15, -0.1) is 0 Å². The standard InChI is InChI=1S/C18H19BrN4O4/c1-11-9-12(19)3-5-15(11)22-17(24)7-8-21-16-6-4-13(23(26)27)10-14(16)18(25)20-2/h3-6,9-10,21H,7-8H2,1-2H3,(H,20,25)(H,22,24). The maximum absolute atomic E-state index is 12.1. The van der Waals surface area contributed by atoms with Crippen LogP contribution in [0.5, 0.6) is 0 Å². The highest BCUT2D eigenvalue weighted by Crippen LogP contribution is 2.23. The zero-order valence-corrected chi connectivity index (χ0v) is 16.4. The molecule has 2 rings (SSSR count). The third-order valence-electron chi connectivity index (χ3n) is 3.82. The SMILES string of the molecule is CNC(=O)c1cc([N+](=O)[O-])ccc1NCCC(=O)Nc1ccc(Br)cc1C. The zero-order chi connectivity index (χ0) is 20.0. The van der Waals surface area contributed by atoms with Gasteiger partial charge in [0, 0.05) is 48.0 Å². The van der Waals surface area contributed by atoms with E-state index < -0.39 is 10.8 Å². The summed E-state index contributed by atoms with van der Waals surface area (Å²) in [6, 6.07) is 9.52. The lowest BCUT2D eigenvalue weighted by Crippen LogP contribution is -2.21. The van der Waals surface area contributed by atoms with Gasteiger partial charge in [-0.3, -0.25) is 19.7 Å². The molecular weight excluding hydrogens is 416 g/mol. The Morgan fingerprint density at radius 2 is 1.85 bits per heavy atom. The van der Waals surface area contributed by atoms with Crippen molar-refractivity contribution in [2.75, 3.05) is 24.2 Å². The van der Waals surface area contributed by atoms with Gasteiger partial charge in [-0.25, -0.2) is 0 Å². The minimum Gasteiger partial charge on any atom is -0.384 e. The quantitative estimate of drug-likeness (QED) is 0.455. The minimum atomic E-state index is -0.565. The smallest absolute Gasteiger partial charge is 0.270 e. The summed E-state index contributed by atoms with van der Waals surface area (Å²) in [5, 5.41) is 19.2. The Morgan fingerprint density at radius 3 is 2.48 bits per heavy atom. The Hall–Kier alpha value is -2.94. The van der Waals surface area contributed by atoms with Crippen molar-refractivity contribution >= 4 is 44.8 Å². The highest BCUT2D eigenvalue weighted by molar-refractivity contribution is 9.10. The van der Waals surface area contributed by atoms with Gasteiger partial charge in [0.25, 0.3) is 11.6 Å². The number of halogens is 1. The summed E-state index contributed by atoms with van der Waals surface area (Å²) < 4.78 is 0.930. The first-order valence-corrected chi connectivity index (χ1v) is 8.91. The van der Waals surface area contributed by atoms with Gasteiger partial charge < -0.3 is 16.0 Å². The van der Waals surface area contributed by atoms with Crippen molar-refractivity contribution in [1.82, 2.24) is 5.32 Å². The number of nitro groups is 1. The Morgan fingerprint density at radius 1 is 1.15 bits per heavy atom. The molecule has 0 aliphatic heterocycles. The Bertz CT molecular complexity index is 886. The number of nitrogens with one attached hydrogen (secondary N) is 3. The van der Waals surface area contributed by atoms with Crippen molar-refractivity contribution in [3.63, 3.8) is 0 Å². The maximum atomic E-state index is 12.1. The molecule has 0 bridgehead atoms. The fraction of sp³-hybridized carbons (Fsp3) is 0.222. The van der Waals surface area contributed by atoms with E-state index in [1.807, 2.05) is 25.1 Å². The highest BCUT2D eigenvalue weighted by atomic mass is 79.9. The second-order valence-electron chi connectivity index (χ2n) is 5.75. The molecule has 0 radical (unpaired) electrons. The molecule has 2 aromatic carbocycles. The van der Waals surface area contributed by atoms with Gasteiger partial charge >= 0.3 is 0 Å². The molecule has 142 valence electrons. The summed E-state index contributed by atoms with van der Waals surface area (Å²) in [6.07, 6.45) is 0.166. The van der Waals surface area contributed by atoms with E-state index in [0.29, 0.717) is 5.69 Å². The first-order chi connectivity index (χ1) is 12.8. The number of aryl methyl sites for hydroxylation is 1. The molecule has 0 aromatic heterocycles. The Kier molecular flexibility index (Phi) is 6.89. The van der Waals surface area contributed by atoms with Crippen LogP contribution in [0.4, 0.5) is 17.1 Å². The summed E-state index contributed by atoms with van der Waals surface area (Å²) in [4.78, 5) is 34.4. The summed E-state index contributed by atoms with van der Waals surface area (Å²) in [5.41, 5.74) is 2.05. The van der Waals surface area contributed by atoms with Crippen LogP contribution in [0.15, 0.2) is 40.9 Å². The second kappa shape index (κ2) is 9.13. The third-order valence-corrected chi connectivity index (χ3v) is 4.31. The molecule has 0 spiro atoms. The van der Waals surface area contributed by atoms with Crippen molar-refractivity contribution in [1.29, 1.82) is 0 Å². The lowest BCUT2D eigenvalue weighted by molar-refractivity contribution is -0.384. The molecule has 27 heavy (non-hydrogen) atoms. The van der Waals surface area contributed by atoms with Crippen LogP contribution in [-0.4, -0.2) is 30.3 Å². The molecule has 2 amide bonds. The number of nitro benzene ring substituents is 1. The number of non-ortho nitro benzene ring substituents is 1. The predicted octanol–water partition coefficient (Wildman–Crippen LogP) is 3.47. The number of rotatable bonds is 7. The van der Waals surface area contributed by atoms with E-state index in [1.54, 1.807) is 0 Å². The third kappa shape index (κ3) is 5.52. The number of amides is 2. The predicted molar refractivity (Wildman–Crippen MR) is 107 cm³/mol. The van der Waals surface area contributed by atoms with E-state index in [0.717, 1.165) is 15.7 Å². The van der Waals surface area contributed by atoms with Crippen LogP contribution in [0.25, 0.3) is 0 Å². The first-order valence-electron chi connectivity index (χ1n) is 8.12. The number of hydrogen-bond donors (Lipinski definition) is 3. The number of carbonyl (C=O) groups is 2. The van der Waals surface area contributed by atoms with Gasteiger partial charge in [-0.2, -0.15) is 0 Å². The van der Waals surface area contributed by atoms with E-state index in [9.17, 15) is 19.7 Å². The average molecular weight is 435 g/mol. The van der Waals surface area contributed by atoms with E-state index in [-0.39, 0.29) is 30.1 Å².